The van der Waals surface area contributed by atoms with Crippen molar-refractivity contribution in [2.24, 2.45) is 0 Å². The van der Waals surface area contributed by atoms with Gasteiger partial charge in [0.1, 0.15) is 0 Å². The lowest BCUT2D eigenvalue weighted by molar-refractivity contribution is -0.139. The summed E-state index contributed by atoms with van der Waals surface area (Å²) in [5.41, 5.74) is -0.498. The van der Waals surface area contributed by atoms with E-state index in [1.54, 1.807) is 0 Å². The van der Waals surface area contributed by atoms with E-state index in [9.17, 15) is 9.59 Å². The van der Waals surface area contributed by atoms with E-state index >= 15 is 0 Å². The summed E-state index contributed by atoms with van der Waals surface area (Å²) in [6.45, 7) is 0.879. The fourth-order valence-electron chi connectivity index (χ4n) is 3.11. The van der Waals surface area contributed by atoms with Gasteiger partial charge in [-0.05, 0) is 32.2 Å². The Morgan fingerprint density at radius 3 is 2.50 bits per heavy atom. The van der Waals surface area contributed by atoms with Gasteiger partial charge in [-0.25, -0.2) is 0 Å². The van der Waals surface area contributed by atoms with Crippen LogP contribution >= 0.6 is 0 Å². The maximum Gasteiger partial charge on any atom is 0.305 e. The molecule has 0 spiro atoms. The molecule has 1 saturated heterocycles. The van der Waals surface area contributed by atoms with Crippen molar-refractivity contribution in [1.29, 1.82) is 0 Å². The first kappa shape index (κ1) is 13.3. The first-order valence-electron chi connectivity index (χ1n) is 6.89. The molecule has 1 aliphatic heterocycles. The third kappa shape index (κ3) is 3.22. The van der Waals surface area contributed by atoms with Crippen molar-refractivity contribution >= 4 is 11.9 Å². The van der Waals surface area contributed by atoms with E-state index in [1.165, 1.54) is 0 Å². The van der Waals surface area contributed by atoms with Crippen LogP contribution in [0.25, 0.3) is 0 Å². The number of hydrogen-bond acceptors (Lipinski definition) is 3. The summed E-state index contributed by atoms with van der Waals surface area (Å²) < 4.78 is 0. The molecule has 1 amide bonds. The lowest BCUT2D eigenvalue weighted by atomic mass is 9.92. The van der Waals surface area contributed by atoms with Crippen molar-refractivity contribution in [3.05, 3.63) is 0 Å². The fourth-order valence-corrected chi connectivity index (χ4v) is 3.11. The lowest BCUT2D eigenvalue weighted by Gasteiger charge is -2.32. The van der Waals surface area contributed by atoms with E-state index in [0.717, 1.165) is 51.5 Å². The number of carbonyl (C=O) groups excluding carboxylic acids is 1. The van der Waals surface area contributed by atoms with Crippen LogP contribution in [0.2, 0.25) is 0 Å². The number of hydrogen-bond donors (Lipinski definition) is 3. The number of aliphatic carboxylic acids is 1. The molecule has 3 N–H and O–H groups in total. The lowest BCUT2D eigenvalue weighted by Crippen LogP contribution is -2.55. The molecule has 5 heteroatoms. The highest BCUT2D eigenvalue weighted by atomic mass is 16.4. The normalized spacial score (nSPS) is 26.8. The van der Waals surface area contributed by atoms with Gasteiger partial charge in [0.2, 0.25) is 5.91 Å². The zero-order valence-corrected chi connectivity index (χ0v) is 10.7. The van der Waals surface area contributed by atoms with Gasteiger partial charge in [-0.3, -0.25) is 9.59 Å². The van der Waals surface area contributed by atoms with Crippen molar-refractivity contribution < 1.29 is 14.7 Å². The molecular formula is C13H22N2O3. The third-order valence-corrected chi connectivity index (χ3v) is 4.07. The summed E-state index contributed by atoms with van der Waals surface area (Å²) in [6.07, 6.45) is 6.67. The molecule has 5 nitrogen and oxygen atoms in total. The molecule has 1 heterocycles. The zero-order chi connectivity index (χ0) is 13.0. The highest BCUT2D eigenvalue weighted by molar-refractivity contribution is 5.83. The molecule has 0 aromatic carbocycles. The van der Waals surface area contributed by atoms with E-state index in [1.807, 2.05) is 0 Å². The van der Waals surface area contributed by atoms with E-state index in [0.29, 0.717) is 0 Å². The topological polar surface area (TPSA) is 78.4 Å². The van der Waals surface area contributed by atoms with Gasteiger partial charge < -0.3 is 15.7 Å². The zero-order valence-electron chi connectivity index (χ0n) is 10.7. The molecular weight excluding hydrogens is 232 g/mol. The predicted octanol–water partition coefficient (Wildman–Crippen LogP) is 1.03. The van der Waals surface area contributed by atoms with Crippen LogP contribution in [0.1, 0.15) is 51.4 Å². The standard InChI is InChI=1S/C13H22N2O3/c16-11(17)9-13(6-2-3-7-13)15-12(18)10-5-1-4-8-14-10/h10,14H,1-9H2,(H,15,18)(H,16,17)/t10-/m0/s1. The Labute approximate surface area is 107 Å². The van der Waals surface area contributed by atoms with Crippen molar-refractivity contribution in [2.45, 2.75) is 62.9 Å². The van der Waals surface area contributed by atoms with Crippen LogP contribution in [0, 0.1) is 0 Å². The van der Waals surface area contributed by atoms with Crippen LogP contribution in [0.15, 0.2) is 0 Å². The molecule has 2 fully saturated rings. The number of amides is 1. The number of nitrogens with one attached hydrogen (secondary N) is 2. The van der Waals surface area contributed by atoms with Gasteiger partial charge in [-0.2, -0.15) is 0 Å². The number of carboxylic acid groups (broad SMARTS) is 1. The minimum atomic E-state index is -0.825. The number of piperidine rings is 1. The van der Waals surface area contributed by atoms with Crippen molar-refractivity contribution in [1.82, 2.24) is 10.6 Å². The minimum Gasteiger partial charge on any atom is -0.481 e. The molecule has 2 rings (SSSR count). The fraction of sp³-hybridized carbons (Fsp3) is 0.846. The predicted molar refractivity (Wildman–Crippen MR) is 67.2 cm³/mol. The van der Waals surface area contributed by atoms with Crippen LogP contribution in [-0.4, -0.2) is 35.1 Å². The second-order valence-electron chi connectivity index (χ2n) is 5.55. The Morgan fingerprint density at radius 1 is 1.22 bits per heavy atom. The molecule has 0 bridgehead atoms. The van der Waals surface area contributed by atoms with Crippen LogP contribution in [0.3, 0.4) is 0 Å². The van der Waals surface area contributed by atoms with Gasteiger partial charge in [0.15, 0.2) is 0 Å². The third-order valence-electron chi connectivity index (χ3n) is 4.07. The molecule has 1 aliphatic carbocycles. The molecule has 1 saturated carbocycles. The highest BCUT2D eigenvalue weighted by Crippen LogP contribution is 2.32. The molecule has 2 aliphatic rings. The molecule has 0 radical (unpaired) electrons. The summed E-state index contributed by atoms with van der Waals surface area (Å²) in [5.74, 6) is -0.841. The number of carboxylic acids is 1. The van der Waals surface area contributed by atoms with Crippen LogP contribution in [0.4, 0.5) is 0 Å². The Balaban J connectivity index is 1.95. The first-order valence-corrected chi connectivity index (χ1v) is 6.89. The average Bonchev–Trinajstić information content (AvgIpc) is 2.77. The SMILES string of the molecule is O=C(O)CC1(NC(=O)[C@@H]2CCCCN2)CCCC1. The van der Waals surface area contributed by atoms with Crippen molar-refractivity contribution in [2.75, 3.05) is 6.54 Å². The van der Waals surface area contributed by atoms with Gasteiger partial charge in [0, 0.05) is 0 Å². The van der Waals surface area contributed by atoms with Gasteiger partial charge in [-0.15, -0.1) is 0 Å². The second-order valence-corrected chi connectivity index (χ2v) is 5.55. The van der Waals surface area contributed by atoms with Crippen LogP contribution in [-0.2, 0) is 9.59 Å². The minimum absolute atomic E-state index is 0.0159. The highest BCUT2D eigenvalue weighted by Gasteiger charge is 2.38. The summed E-state index contributed by atoms with van der Waals surface area (Å²) in [4.78, 5) is 23.1. The molecule has 0 aromatic heterocycles. The van der Waals surface area contributed by atoms with Gasteiger partial charge >= 0.3 is 5.97 Å². The average molecular weight is 254 g/mol. The van der Waals surface area contributed by atoms with Crippen molar-refractivity contribution in [3.63, 3.8) is 0 Å². The Morgan fingerprint density at radius 2 is 1.94 bits per heavy atom. The molecule has 102 valence electrons. The summed E-state index contributed by atoms with van der Waals surface area (Å²) in [5, 5.41) is 15.2. The second kappa shape index (κ2) is 5.69. The molecule has 1 atom stereocenters. The maximum absolute atomic E-state index is 12.2. The monoisotopic (exact) mass is 254 g/mol. The van der Waals surface area contributed by atoms with Gasteiger partial charge in [-0.1, -0.05) is 19.3 Å². The molecule has 0 aromatic rings. The Kier molecular flexibility index (Phi) is 4.22. The quantitative estimate of drug-likeness (QED) is 0.700. The van der Waals surface area contributed by atoms with Gasteiger partial charge in [0.05, 0.1) is 18.0 Å². The number of rotatable bonds is 4. The van der Waals surface area contributed by atoms with Gasteiger partial charge in [0.25, 0.3) is 0 Å². The van der Waals surface area contributed by atoms with E-state index < -0.39 is 11.5 Å². The van der Waals surface area contributed by atoms with Crippen LogP contribution in [0.5, 0.6) is 0 Å². The van der Waals surface area contributed by atoms with Crippen LogP contribution < -0.4 is 10.6 Å². The van der Waals surface area contributed by atoms with E-state index in [2.05, 4.69) is 10.6 Å². The van der Waals surface area contributed by atoms with E-state index in [4.69, 9.17) is 5.11 Å². The maximum atomic E-state index is 12.2. The summed E-state index contributed by atoms with van der Waals surface area (Å²) >= 11 is 0. The molecule has 18 heavy (non-hydrogen) atoms. The Hall–Kier alpha value is -1.10. The smallest absolute Gasteiger partial charge is 0.305 e. The molecule has 0 unspecified atom stereocenters. The summed E-state index contributed by atoms with van der Waals surface area (Å²) in [6, 6.07) is -0.134. The number of carbonyl (C=O) groups is 2. The first-order chi connectivity index (χ1) is 8.61. The Bertz CT molecular complexity index is 318. The van der Waals surface area contributed by atoms with E-state index in [-0.39, 0.29) is 18.4 Å². The largest absolute Gasteiger partial charge is 0.481 e. The van der Waals surface area contributed by atoms with Crippen molar-refractivity contribution in [3.8, 4) is 0 Å². The summed E-state index contributed by atoms with van der Waals surface area (Å²) in [7, 11) is 0.